The summed E-state index contributed by atoms with van der Waals surface area (Å²) in [5, 5.41) is 23.8. The van der Waals surface area contributed by atoms with Crippen molar-refractivity contribution in [2.45, 2.75) is 6.92 Å². The van der Waals surface area contributed by atoms with E-state index in [2.05, 4.69) is 10.6 Å². The average molecular weight is 460 g/mol. The van der Waals surface area contributed by atoms with Gasteiger partial charge in [-0.05, 0) is 48.9 Å². The van der Waals surface area contributed by atoms with Crippen molar-refractivity contribution < 1.29 is 34.2 Å². The van der Waals surface area contributed by atoms with Gasteiger partial charge in [-0.3, -0.25) is 14.4 Å². The van der Waals surface area contributed by atoms with Crippen LogP contribution in [-0.4, -0.2) is 46.8 Å². The summed E-state index contributed by atoms with van der Waals surface area (Å²) in [6.07, 6.45) is 0. The molecule has 0 aliphatic heterocycles. The molecule has 0 unspecified atom stereocenters. The fourth-order valence-corrected chi connectivity index (χ4v) is 3.34. The van der Waals surface area contributed by atoms with Gasteiger partial charge in [-0.25, -0.2) is 9.59 Å². The summed E-state index contributed by atoms with van der Waals surface area (Å²) in [6, 6.07) is 14.0. The Morgan fingerprint density at radius 2 is 1.21 bits per heavy atom. The van der Waals surface area contributed by atoms with Gasteiger partial charge in [0.2, 0.25) is 0 Å². The van der Waals surface area contributed by atoms with Gasteiger partial charge in [0, 0.05) is 23.9 Å². The van der Waals surface area contributed by atoms with Crippen molar-refractivity contribution >= 4 is 35.2 Å². The normalized spacial score (nSPS) is 10.3. The quantitative estimate of drug-likeness (QED) is 0.395. The minimum absolute atomic E-state index is 0.00304. The number of nitrogens with one attached hydrogen (secondary N) is 2. The number of amides is 2. The molecule has 0 atom stereocenters. The number of anilines is 1. The maximum absolute atomic E-state index is 13.1. The van der Waals surface area contributed by atoms with Gasteiger partial charge in [0.05, 0.1) is 22.3 Å². The molecule has 0 saturated carbocycles. The molecule has 0 aromatic heterocycles. The molecule has 4 N–H and O–H groups in total. The van der Waals surface area contributed by atoms with Crippen LogP contribution < -0.4 is 10.6 Å². The standard InChI is InChI=1S/C25H20N2O7/c1-13-4-3-5-16(10-13)27-23(30)20-12-15(7-9-18(20)25(33)34)21(28)14-6-8-17(24(31)32)19(11-14)22(29)26-2/h3-12H,1-2H3,(H,26,29)(H,27,30)(H,31,32)(H,33,34). The van der Waals surface area contributed by atoms with Crippen LogP contribution in [0.15, 0.2) is 60.7 Å². The van der Waals surface area contributed by atoms with Crippen molar-refractivity contribution in [1.29, 1.82) is 0 Å². The molecule has 0 aliphatic rings. The van der Waals surface area contributed by atoms with Gasteiger partial charge in [0.1, 0.15) is 0 Å². The summed E-state index contributed by atoms with van der Waals surface area (Å²) in [5.41, 5.74) is 0.315. The molecule has 0 bridgehead atoms. The monoisotopic (exact) mass is 460 g/mol. The van der Waals surface area contributed by atoms with Crippen LogP contribution in [0.1, 0.15) is 62.9 Å². The number of carboxylic acids is 2. The summed E-state index contributed by atoms with van der Waals surface area (Å²) >= 11 is 0. The molecule has 0 aliphatic carbocycles. The van der Waals surface area contributed by atoms with E-state index in [0.29, 0.717) is 5.69 Å². The predicted octanol–water partition coefficient (Wildman–Crippen LogP) is 3.23. The average Bonchev–Trinajstić information content (AvgIpc) is 2.82. The summed E-state index contributed by atoms with van der Waals surface area (Å²) in [5.74, 6) is -4.71. The Balaban J connectivity index is 2.03. The highest BCUT2D eigenvalue weighted by Gasteiger charge is 2.22. The first kappa shape index (κ1) is 23.9. The van der Waals surface area contributed by atoms with E-state index in [1.54, 1.807) is 18.2 Å². The first-order valence-corrected chi connectivity index (χ1v) is 10.0. The number of ketones is 1. The summed E-state index contributed by atoms with van der Waals surface area (Å²) in [4.78, 5) is 61.2. The molecule has 0 radical (unpaired) electrons. The number of benzene rings is 3. The Kier molecular flexibility index (Phi) is 6.87. The van der Waals surface area contributed by atoms with Crippen molar-refractivity contribution in [3.05, 3.63) is 99.6 Å². The lowest BCUT2D eigenvalue weighted by Crippen LogP contribution is -2.22. The maximum Gasteiger partial charge on any atom is 0.336 e. The lowest BCUT2D eigenvalue weighted by Gasteiger charge is -2.11. The highest BCUT2D eigenvalue weighted by atomic mass is 16.4. The van der Waals surface area contributed by atoms with Crippen LogP contribution >= 0.6 is 0 Å². The highest BCUT2D eigenvalue weighted by Crippen LogP contribution is 2.20. The maximum atomic E-state index is 13.1. The molecule has 3 aromatic rings. The van der Waals surface area contributed by atoms with E-state index in [1.807, 2.05) is 13.0 Å². The van der Waals surface area contributed by atoms with Crippen LogP contribution in [0.3, 0.4) is 0 Å². The summed E-state index contributed by atoms with van der Waals surface area (Å²) < 4.78 is 0. The van der Waals surface area contributed by atoms with Crippen molar-refractivity contribution in [3.63, 3.8) is 0 Å². The van der Waals surface area contributed by atoms with Gasteiger partial charge in [-0.15, -0.1) is 0 Å². The van der Waals surface area contributed by atoms with Crippen molar-refractivity contribution in [3.8, 4) is 0 Å². The van der Waals surface area contributed by atoms with Crippen LogP contribution in [0.5, 0.6) is 0 Å². The Labute approximate surface area is 194 Å². The lowest BCUT2D eigenvalue weighted by molar-refractivity contribution is 0.0683. The van der Waals surface area contributed by atoms with E-state index < -0.39 is 29.5 Å². The van der Waals surface area contributed by atoms with E-state index in [9.17, 15) is 34.2 Å². The van der Waals surface area contributed by atoms with Crippen LogP contribution in [0, 0.1) is 6.92 Å². The van der Waals surface area contributed by atoms with Crippen LogP contribution in [0.4, 0.5) is 5.69 Å². The van der Waals surface area contributed by atoms with E-state index in [4.69, 9.17) is 0 Å². The smallest absolute Gasteiger partial charge is 0.336 e. The zero-order chi connectivity index (χ0) is 25.0. The third-order valence-electron chi connectivity index (χ3n) is 5.02. The molecule has 2 amide bonds. The Bertz CT molecular complexity index is 1340. The molecule has 0 saturated heterocycles. The van der Waals surface area contributed by atoms with E-state index in [1.165, 1.54) is 19.2 Å². The van der Waals surface area contributed by atoms with Gasteiger partial charge in [-0.1, -0.05) is 24.3 Å². The number of hydrogen-bond acceptors (Lipinski definition) is 5. The second-order valence-electron chi connectivity index (χ2n) is 7.36. The number of rotatable bonds is 7. The third kappa shape index (κ3) is 4.99. The molecular weight excluding hydrogens is 440 g/mol. The summed E-state index contributed by atoms with van der Waals surface area (Å²) in [7, 11) is 1.33. The Morgan fingerprint density at radius 1 is 0.676 bits per heavy atom. The largest absolute Gasteiger partial charge is 0.478 e. The molecular formula is C25H20N2O7. The van der Waals surface area contributed by atoms with E-state index in [-0.39, 0.29) is 33.4 Å². The molecule has 9 heteroatoms. The Morgan fingerprint density at radius 3 is 1.68 bits per heavy atom. The molecule has 172 valence electrons. The van der Waals surface area contributed by atoms with Crippen LogP contribution in [-0.2, 0) is 0 Å². The van der Waals surface area contributed by atoms with Gasteiger partial charge in [0.15, 0.2) is 5.78 Å². The Hall–Kier alpha value is -4.79. The zero-order valence-corrected chi connectivity index (χ0v) is 18.2. The SMILES string of the molecule is CNC(=O)c1cc(C(=O)c2ccc(C(=O)O)c(C(=O)Nc3cccc(C)c3)c2)ccc1C(=O)O. The fraction of sp³-hybridized carbons (Fsp3) is 0.0800. The van der Waals surface area contributed by atoms with Gasteiger partial charge in [0.25, 0.3) is 11.8 Å². The number of carbonyl (C=O) groups excluding carboxylic acids is 3. The van der Waals surface area contributed by atoms with Gasteiger partial charge < -0.3 is 20.8 Å². The fourth-order valence-electron chi connectivity index (χ4n) is 3.34. The molecule has 34 heavy (non-hydrogen) atoms. The predicted molar refractivity (Wildman–Crippen MR) is 123 cm³/mol. The molecule has 0 heterocycles. The molecule has 3 aromatic carbocycles. The molecule has 0 fully saturated rings. The third-order valence-corrected chi connectivity index (χ3v) is 5.02. The van der Waals surface area contributed by atoms with Gasteiger partial charge in [-0.2, -0.15) is 0 Å². The second kappa shape index (κ2) is 9.78. The molecule has 3 rings (SSSR count). The number of carbonyl (C=O) groups is 5. The first-order chi connectivity index (χ1) is 16.1. The topological polar surface area (TPSA) is 150 Å². The minimum atomic E-state index is -1.35. The van der Waals surface area contributed by atoms with E-state index in [0.717, 1.165) is 29.8 Å². The molecule has 0 spiro atoms. The highest BCUT2D eigenvalue weighted by molar-refractivity contribution is 6.16. The van der Waals surface area contributed by atoms with Gasteiger partial charge >= 0.3 is 11.9 Å². The van der Waals surface area contributed by atoms with Crippen molar-refractivity contribution in [1.82, 2.24) is 5.32 Å². The van der Waals surface area contributed by atoms with Crippen LogP contribution in [0.25, 0.3) is 0 Å². The summed E-state index contributed by atoms with van der Waals surface area (Å²) in [6.45, 7) is 1.83. The number of hydrogen-bond donors (Lipinski definition) is 4. The lowest BCUT2D eigenvalue weighted by atomic mass is 9.95. The number of aromatic carboxylic acids is 2. The number of aryl methyl sites for hydroxylation is 1. The van der Waals surface area contributed by atoms with Crippen LogP contribution in [0.2, 0.25) is 0 Å². The van der Waals surface area contributed by atoms with E-state index >= 15 is 0 Å². The first-order valence-electron chi connectivity index (χ1n) is 10.0. The van der Waals surface area contributed by atoms with Crippen molar-refractivity contribution in [2.75, 3.05) is 12.4 Å². The number of carboxylic acid groups (broad SMARTS) is 2. The van der Waals surface area contributed by atoms with Crippen molar-refractivity contribution in [2.24, 2.45) is 0 Å². The second-order valence-corrected chi connectivity index (χ2v) is 7.36. The minimum Gasteiger partial charge on any atom is -0.478 e. The molecule has 9 nitrogen and oxygen atoms in total. The zero-order valence-electron chi connectivity index (χ0n) is 18.2.